The van der Waals surface area contributed by atoms with Gasteiger partial charge in [0, 0.05) is 91.7 Å². The van der Waals surface area contributed by atoms with Crippen LogP contribution in [0.25, 0.3) is 44.1 Å². The van der Waals surface area contributed by atoms with E-state index in [1.165, 1.54) is 60.3 Å². The number of aryl methyl sites for hydroxylation is 2. The first-order chi connectivity index (χ1) is 56.4. The van der Waals surface area contributed by atoms with Gasteiger partial charge in [0.1, 0.15) is 23.7 Å². The fraction of sp³-hybridized carbons (Fsp3) is 0.405. The molecule has 4 fully saturated rings. The molecule has 118 heavy (non-hydrogen) atoms. The van der Waals surface area contributed by atoms with Crippen LogP contribution in [0.1, 0.15) is 220 Å². The second-order valence-corrected chi connectivity index (χ2v) is 29.1. The number of aromatic carboxylic acids is 1. The number of pyridine rings is 4. The number of halogens is 9. The minimum absolute atomic E-state index is 0. The Kier molecular flexibility index (Phi) is 28.6. The van der Waals surface area contributed by atoms with Crippen LogP contribution in [0.4, 0.5) is 50.9 Å². The minimum atomic E-state index is -4.90. The Balaban J connectivity index is 0.000000202. The zero-order valence-corrected chi connectivity index (χ0v) is 63.9. The highest BCUT2D eigenvalue weighted by molar-refractivity contribution is 6.11. The van der Waals surface area contributed by atoms with Gasteiger partial charge in [0.25, 0.3) is 29.5 Å². The summed E-state index contributed by atoms with van der Waals surface area (Å²) in [6.07, 6.45) is 8.38. The van der Waals surface area contributed by atoms with Gasteiger partial charge < -0.3 is 47.2 Å². The lowest BCUT2D eigenvalue weighted by Gasteiger charge is -2.29. The highest BCUT2D eigenvalue weighted by atomic mass is 19.4. The van der Waals surface area contributed by atoms with Crippen LogP contribution in [-0.4, -0.2) is 152 Å². The van der Waals surface area contributed by atoms with Crippen LogP contribution in [0.5, 0.6) is 0 Å². The molecular formula is C84H91F9N14O11. The molecule has 4 aliphatic heterocycles. The molecule has 0 bridgehead atoms. The summed E-state index contributed by atoms with van der Waals surface area (Å²) in [7, 11) is 2.12. The molecule has 626 valence electrons. The Hall–Kier alpha value is -12.0. The number of carboxylic acid groups (broad SMARTS) is 1. The standard InChI is InChI=1S/C41H41F4N7O5.C22H17F4N3O3.C19H26N4O3.CH3F.CH4/c1-46-36-28-18-27(31(42)19-32(28)48-20-29(36)38(55)50-24-9-10-24)22-8-12-25(30(17-22)41(43,44)45)37(54)47-16-6-4-2-3-5-7-23-11-13-26-33(49-23)21-52(40(26)57)34-14-15-35(53)51-39(34)56;1-27-19-14-7-13(10-2-5-12(21(31)32)17(23)6-10)16(22(24,25)26)8-18(14)28-9-15(19)20(30)29-11-3-4-11;20-11-5-3-1-2-4-6-13-7-8-14-15(21-13)12-23(19(14)26)16-9-10-17(24)22-18(16)25;1-2;/h8,11-13,17-20,24,34H,2-7,9-10,14-16,21H2,1H3,(H,46,48)(H,47,54)(H,50,55)(H,51,53,56);2,5-9,11H,3-4H2,1H3,(H,27,28)(H,29,30)(H,31,32);7-8,16H,1-6,9-12,20H2,(H,22,24,25);1H3;1H4/i;;;1D;. The first kappa shape index (κ1) is 86.9. The fourth-order valence-electron chi connectivity index (χ4n) is 14.5. The summed E-state index contributed by atoms with van der Waals surface area (Å²) in [5.41, 5.74) is 6.68. The van der Waals surface area contributed by atoms with Crippen molar-refractivity contribution in [3.05, 3.63) is 176 Å². The van der Waals surface area contributed by atoms with E-state index in [1.54, 1.807) is 19.2 Å². The number of unbranched alkanes of at least 4 members (excludes halogenated alkanes) is 8. The quantitative estimate of drug-likeness (QED) is 0.0131. The smallest absolute Gasteiger partial charge is 0.417 e. The predicted octanol–water partition coefficient (Wildman–Crippen LogP) is 13.3. The number of piperidine rings is 2. The molecule has 6 aliphatic rings. The zero-order valence-electron chi connectivity index (χ0n) is 64.9. The molecule has 10 N–H and O–H groups in total. The molecule has 14 rings (SSSR count). The van der Waals surface area contributed by atoms with Crippen LogP contribution < -0.4 is 43.0 Å². The summed E-state index contributed by atoms with van der Waals surface area (Å²) in [6.45, 7) is 1.46. The van der Waals surface area contributed by atoms with Gasteiger partial charge in [-0.2, -0.15) is 26.3 Å². The Morgan fingerprint density at radius 2 is 0.983 bits per heavy atom. The molecule has 8 heterocycles. The first-order valence-corrected chi connectivity index (χ1v) is 38.4. The molecule has 9 amide bonds. The van der Waals surface area contributed by atoms with Crippen molar-refractivity contribution >= 4 is 92.3 Å². The monoisotopic (exact) mass is 1640 g/mol. The number of imide groups is 2. The molecule has 2 unspecified atom stereocenters. The largest absolute Gasteiger partial charge is 0.478 e. The van der Waals surface area contributed by atoms with Crippen LogP contribution in [0.15, 0.2) is 97.3 Å². The number of carboxylic acids is 1. The first-order valence-electron chi connectivity index (χ1n) is 39.1. The number of nitrogens with zero attached hydrogens (tertiary/aromatic N) is 6. The number of anilines is 2. The van der Waals surface area contributed by atoms with Gasteiger partial charge in [-0.05, 0) is 167 Å². The number of carbonyl (C=O) groups is 10. The number of benzene rings is 4. The number of aromatic nitrogens is 4. The number of alkyl halides is 7. The molecule has 0 radical (unpaired) electrons. The van der Waals surface area contributed by atoms with Crippen LogP contribution in [0, 0.1) is 11.6 Å². The molecule has 25 nitrogen and oxygen atoms in total. The highest BCUT2D eigenvalue weighted by Crippen LogP contribution is 2.43. The lowest BCUT2D eigenvalue weighted by atomic mass is 9.94. The van der Waals surface area contributed by atoms with E-state index < -0.39 is 89.2 Å². The third-order valence-electron chi connectivity index (χ3n) is 20.9. The number of rotatable bonds is 27. The fourth-order valence-corrected chi connectivity index (χ4v) is 14.5. The van der Waals surface area contributed by atoms with Crippen molar-refractivity contribution in [1.82, 2.24) is 56.3 Å². The average Bonchev–Trinajstić information content (AvgIpc) is 1.78. The summed E-state index contributed by atoms with van der Waals surface area (Å²) in [5.74, 6) is -7.08. The topological polar surface area (TPSA) is 359 Å². The van der Waals surface area contributed by atoms with Crippen molar-refractivity contribution in [2.75, 3.05) is 45.0 Å². The van der Waals surface area contributed by atoms with E-state index in [0.29, 0.717) is 53.7 Å². The number of nitrogens with two attached hydrogens (primary N) is 1. The SMILES string of the molecule is C.CNc1c(C(=O)NC2CC2)cnc2cc(C(F)(F)F)c(-c3ccc(C(=O)O)c(F)c3)cc12.CNc1c(C(=O)NC2CC2)cnc2cc(F)c(-c3ccc(C(=O)NCCCCCCCc4ccc5c(n4)CN(C4CCC(=O)NC4=O)C5=O)c(C(F)(F)F)c3)cc12.NCCCCCCCc1ccc2c(n1)CN(C1CCC(=O)NC1=O)C2=O.[2H]CF. The van der Waals surface area contributed by atoms with E-state index in [0.717, 1.165) is 143 Å². The number of carbonyl (C=O) groups excluding carboxylic acids is 9. The van der Waals surface area contributed by atoms with E-state index in [1.807, 2.05) is 12.1 Å². The van der Waals surface area contributed by atoms with Crippen molar-refractivity contribution in [3.8, 4) is 22.3 Å². The number of hydrogen-bond acceptors (Lipinski definition) is 17. The summed E-state index contributed by atoms with van der Waals surface area (Å²) in [4.78, 5) is 143. The maximum atomic E-state index is 15.4. The Bertz CT molecular complexity index is 5200. The van der Waals surface area contributed by atoms with Crippen molar-refractivity contribution < 1.29 is 93.9 Å². The zero-order chi connectivity index (χ0) is 84.9. The van der Waals surface area contributed by atoms with Gasteiger partial charge in [-0.25, -0.2) is 13.6 Å². The van der Waals surface area contributed by atoms with Crippen molar-refractivity contribution in [2.45, 2.75) is 185 Å². The average molecular weight is 1640 g/mol. The molecule has 2 atom stereocenters. The summed E-state index contributed by atoms with van der Waals surface area (Å²) >= 11 is 0. The van der Waals surface area contributed by atoms with Crippen LogP contribution >= 0.6 is 0 Å². The number of fused-ring (bicyclic) bond motifs is 4. The molecule has 8 aromatic rings. The molecule has 2 saturated carbocycles. The van der Waals surface area contributed by atoms with Crippen LogP contribution in [0.2, 0.25) is 0 Å². The molecule has 0 spiro atoms. The third kappa shape index (κ3) is 21.1. The highest BCUT2D eigenvalue weighted by Gasteiger charge is 2.43. The molecule has 2 saturated heterocycles. The van der Waals surface area contributed by atoms with Gasteiger partial charge in [-0.15, -0.1) is 0 Å². The van der Waals surface area contributed by atoms with Gasteiger partial charge in [0.15, 0.2) is 0 Å². The van der Waals surface area contributed by atoms with Gasteiger partial charge >= 0.3 is 18.3 Å². The van der Waals surface area contributed by atoms with E-state index in [4.69, 9.17) is 12.2 Å². The number of hydrogen-bond donors (Lipinski definition) is 9. The summed E-state index contributed by atoms with van der Waals surface area (Å²) < 4.78 is 130. The predicted molar refractivity (Wildman–Crippen MR) is 421 cm³/mol. The number of amides is 9. The van der Waals surface area contributed by atoms with E-state index in [-0.39, 0.29) is 143 Å². The van der Waals surface area contributed by atoms with E-state index >= 15 is 4.39 Å². The Labute approximate surface area is 674 Å². The second kappa shape index (κ2) is 38.9. The minimum Gasteiger partial charge on any atom is -0.478 e. The molecule has 34 heteroatoms. The normalized spacial score (nSPS) is 16.3. The van der Waals surface area contributed by atoms with Gasteiger partial charge in [-0.1, -0.05) is 58.1 Å². The lowest BCUT2D eigenvalue weighted by Crippen LogP contribution is -2.52. The maximum absolute atomic E-state index is 15.4. The van der Waals surface area contributed by atoms with Crippen LogP contribution in [0.3, 0.4) is 0 Å². The molecular weight excluding hydrogens is 1550 g/mol. The van der Waals surface area contributed by atoms with E-state index in [9.17, 15) is 83.1 Å². The van der Waals surface area contributed by atoms with Gasteiger partial charge in [0.2, 0.25) is 23.6 Å². The van der Waals surface area contributed by atoms with Gasteiger partial charge in [0.05, 0.1) is 99.9 Å². The summed E-state index contributed by atoms with van der Waals surface area (Å²) in [5, 5.41) is 28.3. The van der Waals surface area contributed by atoms with Crippen molar-refractivity contribution in [1.29, 1.82) is 0 Å². The van der Waals surface area contributed by atoms with Crippen molar-refractivity contribution in [3.63, 3.8) is 0 Å². The molecule has 2 aliphatic carbocycles. The summed E-state index contributed by atoms with van der Waals surface area (Å²) in [6, 6.07) is 16.4. The van der Waals surface area contributed by atoms with Crippen molar-refractivity contribution in [2.24, 2.45) is 5.73 Å². The number of nitrogens with one attached hydrogen (secondary N) is 7. The Morgan fingerprint density at radius 3 is 1.43 bits per heavy atom. The molecule has 4 aromatic carbocycles. The van der Waals surface area contributed by atoms with Gasteiger partial charge in [-0.3, -0.25) is 78.1 Å². The second-order valence-electron chi connectivity index (χ2n) is 29.1. The lowest BCUT2D eigenvalue weighted by molar-refractivity contribution is -0.138. The maximum Gasteiger partial charge on any atom is 0.417 e. The van der Waals surface area contributed by atoms with Crippen LogP contribution in [-0.2, 0) is 57.5 Å². The third-order valence-corrected chi connectivity index (χ3v) is 20.9. The van der Waals surface area contributed by atoms with E-state index in [2.05, 4.69) is 57.2 Å². The Morgan fingerprint density at radius 1 is 0.534 bits per heavy atom. The molecule has 4 aromatic heterocycles.